The van der Waals surface area contributed by atoms with E-state index < -0.39 is 0 Å². The van der Waals surface area contributed by atoms with Crippen molar-refractivity contribution in [3.63, 3.8) is 0 Å². The number of anilines is 1. The Morgan fingerprint density at radius 3 is 2.67 bits per heavy atom. The first kappa shape index (κ1) is 14.9. The molecule has 2 aromatic rings. The molecule has 5 heteroatoms. The molecule has 0 aliphatic rings. The second-order valence-corrected chi connectivity index (χ2v) is 4.89. The lowest BCUT2D eigenvalue weighted by atomic mass is 10.1. The molecule has 2 N–H and O–H groups in total. The van der Waals surface area contributed by atoms with Crippen LogP contribution in [0.5, 0.6) is 0 Å². The van der Waals surface area contributed by atoms with Crippen molar-refractivity contribution in [2.24, 2.45) is 0 Å². The average Bonchev–Trinajstić information content (AvgIpc) is 2.49. The summed E-state index contributed by atoms with van der Waals surface area (Å²) in [6.45, 7) is 0.519. The van der Waals surface area contributed by atoms with Crippen LogP contribution in [-0.2, 0) is 6.42 Å². The van der Waals surface area contributed by atoms with Crippen LogP contribution in [0.4, 0.5) is 10.5 Å². The van der Waals surface area contributed by atoms with Crippen LogP contribution in [0.25, 0.3) is 0 Å². The fourth-order valence-corrected chi connectivity index (χ4v) is 1.94. The Kier molecular flexibility index (Phi) is 5.19. The molecular weight excluding hydrogens is 286 g/mol. The number of halogens is 1. The van der Waals surface area contributed by atoms with Gasteiger partial charge in [-0.05, 0) is 42.3 Å². The molecule has 0 radical (unpaired) electrons. The molecule has 0 aromatic heterocycles. The highest BCUT2D eigenvalue weighted by Crippen LogP contribution is 2.10. The van der Waals surface area contributed by atoms with E-state index in [9.17, 15) is 4.79 Å². The Morgan fingerprint density at radius 2 is 1.95 bits per heavy atom. The highest BCUT2D eigenvalue weighted by molar-refractivity contribution is 6.30. The number of nitrogens with zero attached hydrogens (tertiary/aromatic N) is 1. The third-order valence-electron chi connectivity index (χ3n) is 2.86. The van der Waals surface area contributed by atoms with Crippen molar-refractivity contribution in [1.29, 1.82) is 5.26 Å². The van der Waals surface area contributed by atoms with Crippen molar-refractivity contribution in [3.05, 3.63) is 64.7 Å². The maximum atomic E-state index is 11.7. The normalized spacial score (nSPS) is 9.71. The van der Waals surface area contributed by atoms with Crippen LogP contribution < -0.4 is 10.6 Å². The molecule has 0 fully saturated rings. The minimum atomic E-state index is -0.293. The zero-order chi connectivity index (χ0) is 15.1. The molecule has 2 amide bonds. The van der Waals surface area contributed by atoms with Gasteiger partial charge in [0.25, 0.3) is 0 Å². The summed E-state index contributed by atoms with van der Waals surface area (Å²) in [5.41, 5.74) is 2.21. The van der Waals surface area contributed by atoms with E-state index in [1.807, 2.05) is 30.3 Å². The second-order valence-electron chi connectivity index (χ2n) is 4.45. The molecule has 21 heavy (non-hydrogen) atoms. The molecule has 0 heterocycles. The van der Waals surface area contributed by atoms with E-state index in [0.717, 1.165) is 12.0 Å². The Morgan fingerprint density at radius 1 is 1.19 bits per heavy atom. The summed E-state index contributed by atoms with van der Waals surface area (Å²) in [5.74, 6) is 0. The molecule has 0 aliphatic heterocycles. The van der Waals surface area contributed by atoms with E-state index >= 15 is 0 Å². The van der Waals surface area contributed by atoms with Gasteiger partial charge < -0.3 is 10.6 Å². The van der Waals surface area contributed by atoms with Crippen molar-refractivity contribution < 1.29 is 4.79 Å². The van der Waals surface area contributed by atoms with Crippen LogP contribution in [0.15, 0.2) is 48.5 Å². The molecule has 0 saturated heterocycles. The van der Waals surface area contributed by atoms with E-state index in [2.05, 4.69) is 10.6 Å². The van der Waals surface area contributed by atoms with Crippen molar-refractivity contribution >= 4 is 23.3 Å². The zero-order valence-electron chi connectivity index (χ0n) is 11.3. The summed E-state index contributed by atoms with van der Waals surface area (Å²) >= 11 is 5.81. The fraction of sp³-hybridized carbons (Fsp3) is 0.125. The summed E-state index contributed by atoms with van der Waals surface area (Å²) < 4.78 is 0. The molecule has 0 aliphatic carbocycles. The van der Waals surface area contributed by atoms with Gasteiger partial charge in [0, 0.05) is 17.3 Å². The highest BCUT2D eigenvalue weighted by Gasteiger charge is 2.02. The summed E-state index contributed by atoms with van der Waals surface area (Å²) in [6.07, 6.45) is 0.725. The first-order valence-corrected chi connectivity index (χ1v) is 6.84. The number of nitrogens with one attached hydrogen (secondary N) is 2. The second kappa shape index (κ2) is 7.32. The summed E-state index contributed by atoms with van der Waals surface area (Å²) in [4.78, 5) is 11.7. The molecular formula is C16H14ClN3O. The molecule has 106 valence electrons. The van der Waals surface area contributed by atoms with Crippen LogP contribution in [0.3, 0.4) is 0 Å². The summed E-state index contributed by atoms with van der Waals surface area (Å²) in [5, 5.41) is 14.9. The number of hydrogen-bond acceptors (Lipinski definition) is 2. The third kappa shape index (κ3) is 4.83. The number of carbonyl (C=O) groups is 1. The van der Waals surface area contributed by atoms with E-state index in [-0.39, 0.29) is 6.03 Å². The van der Waals surface area contributed by atoms with Gasteiger partial charge in [-0.25, -0.2) is 4.79 Å². The Labute approximate surface area is 128 Å². The van der Waals surface area contributed by atoms with Crippen LogP contribution in [0.1, 0.15) is 11.1 Å². The number of hydrogen-bond donors (Lipinski definition) is 2. The van der Waals surface area contributed by atoms with E-state index in [1.165, 1.54) is 0 Å². The van der Waals surface area contributed by atoms with Gasteiger partial charge in [-0.15, -0.1) is 0 Å². The molecule has 0 saturated carbocycles. The average molecular weight is 300 g/mol. The maximum absolute atomic E-state index is 11.7. The van der Waals surface area contributed by atoms with Crippen molar-refractivity contribution in [3.8, 4) is 6.07 Å². The smallest absolute Gasteiger partial charge is 0.319 e. The predicted octanol–water partition coefficient (Wildman–Crippen LogP) is 3.58. The minimum Gasteiger partial charge on any atom is -0.338 e. The van der Waals surface area contributed by atoms with Crippen molar-refractivity contribution in [2.75, 3.05) is 11.9 Å². The fourth-order valence-electron chi connectivity index (χ4n) is 1.81. The van der Waals surface area contributed by atoms with Gasteiger partial charge in [0.2, 0.25) is 0 Å². The molecule has 0 atom stereocenters. The largest absolute Gasteiger partial charge is 0.338 e. The van der Waals surface area contributed by atoms with E-state index in [0.29, 0.717) is 22.8 Å². The van der Waals surface area contributed by atoms with Gasteiger partial charge in [0.1, 0.15) is 0 Å². The Balaban J connectivity index is 1.79. The first-order chi connectivity index (χ1) is 10.2. The van der Waals surface area contributed by atoms with Gasteiger partial charge in [-0.2, -0.15) is 5.26 Å². The topological polar surface area (TPSA) is 64.9 Å². The Bertz CT molecular complexity index is 662. The lowest BCUT2D eigenvalue weighted by molar-refractivity contribution is 0.252. The van der Waals surface area contributed by atoms with Crippen LogP contribution in [-0.4, -0.2) is 12.6 Å². The predicted molar refractivity (Wildman–Crippen MR) is 83.3 cm³/mol. The van der Waals surface area contributed by atoms with E-state index in [4.69, 9.17) is 16.9 Å². The number of urea groups is 1. The van der Waals surface area contributed by atoms with Gasteiger partial charge in [-0.3, -0.25) is 0 Å². The standard InChI is InChI=1S/C16H14ClN3O/c17-14-6-4-12(5-7-14)8-9-19-16(21)20-15-3-1-2-13(10-15)11-18/h1-7,10H,8-9H2,(H2,19,20,21). The molecule has 4 nitrogen and oxygen atoms in total. The number of rotatable bonds is 4. The van der Waals surface area contributed by atoms with Gasteiger partial charge in [0.05, 0.1) is 11.6 Å². The molecule has 0 spiro atoms. The van der Waals surface area contributed by atoms with Gasteiger partial charge >= 0.3 is 6.03 Å². The summed E-state index contributed by atoms with van der Waals surface area (Å²) in [6, 6.07) is 16.0. The minimum absolute atomic E-state index is 0.293. The van der Waals surface area contributed by atoms with Crippen molar-refractivity contribution in [2.45, 2.75) is 6.42 Å². The monoisotopic (exact) mass is 299 g/mol. The number of nitriles is 1. The Hall–Kier alpha value is -2.51. The maximum Gasteiger partial charge on any atom is 0.319 e. The zero-order valence-corrected chi connectivity index (χ0v) is 12.0. The van der Waals surface area contributed by atoms with Gasteiger partial charge in [-0.1, -0.05) is 29.8 Å². The van der Waals surface area contributed by atoms with Crippen molar-refractivity contribution in [1.82, 2.24) is 5.32 Å². The van der Waals surface area contributed by atoms with Crippen LogP contribution >= 0.6 is 11.6 Å². The highest BCUT2D eigenvalue weighted by atomic mass is 35.5. The molecule has 0 unspecified atom stereocenters. The van der Waals surface area contributed by atoms with Crippen LogP contribution in [0, 0.1) is 11.3 Å². The molecule has 0 bridgehead atoms. The third-order valence-corrected chi connectivity index (χ3v) is 3.11. The lowest BCUT2D eigenvalue weighted by Crippen LogP contribution is -2.30. The number of benzene rings is 2. The SMILES string of the molecule is N#Cc1cccc(NC(=O)NCCc2ccc(Cl)cc2)c1. The van der Waals surface area contributed by atoms with Crippen LogP contribution in [0.2, 0.25) is 5.02 Å². The quantitative estimate of drug-likeness (QED) is 0.906. The first-order valence-electron chi connectivity index (χ1n) is 6.47. The summed E-state index contributed by atoms with van der Waals surface area (Å²) in [7, 11) is 0. The molecule has 2 aromatic carbocycles. The van der Waals surface area contributed by atoms with E-state index in [1.54, 1.807) is 24.3 Å². The molecule has 2 rings (SSSR count). The number of amides is 2. The van der Waals surface area contributed by atoms with Gasteiger partial charge in [0.15, 0.2) is 0 Å². The lowest BCUT2D eigenvalue weighted by Gasteiger charge is -2.08. The number of carbonyl (C=O) groups excluding carboxylic acids is 1.